The first-order valence-corrected chi connectivity index (χ1v) is 7.12. The fourth-order valence-electron chi connectivity index (χ4n) is 2.88. The van der Waals surface area contributed by atoms with Crippen LogP contribution in [0.15, 0.2) is 29.3 Å². The van der Waals surface area contributed by atoms with Crippen molar-refractivity contribution < 1.29 is 4.74 Å². The Kier molecular flexibility index (Phi) is 3.58. The van der Waals surface area contributed by atoms with E-state index in [1.54, 1.807) is 0 Å². The minimum Gasteiger partial charge on any atom is -0.488 e. The third-order valence-corrected chi connectivity index (χ3v) is 3.89. The van der Waals surface area contributed by atoms with E-state index in [0.29, 0.717) is 18.5 Å². The molecule has 1 unspecified atom stereocenters. The van der Waals surface area contributed by atoms with Crippen LogP contribution in [0.4, 0.5) is 0 Å². The molecule has 1 aromatic rings. The summed E-state index contributed by atoms with van der Waals surface area (Å²) in [6, 6.07) is 8.69. The zero-order chi connectivity index (χ0) is 13.1. The number of nitrogens with two attached hydrogens (primary N) is 1. The van der Waals surface area contributed by atoms with Gasteiger partial charge in [-0.2, -0.15) is 0 Å². The molecule has 4 nitrogen and oxygen atoms in total. The summed E-state index contributed by atoms with van der Waals surface area (Å²) in [4.78, 5) is 4.41. The molecular formula is C15H21N3O. The Morgan fingerprint density at radius 1 is 1.32 bits per heavy atom. The number of hydrogen-bond donors (Lipinski definition) is 2. The fraction of sp³-hybridized carbons (Fsp3) is 0.533. The van der Waals surface area contributed by atoms with Crippen molar-refractivity contribution in [2.45, 2.75) is 44.2 Å². The van der Waals surface area contributed by atoms with Gasteiger partial charge in [-0.25, -0.2) is 4.99 Å². The maximum Gasteiger partial charge on any atom is 0.188 e. The molecule has 1 atom stereocenters. The largest absolute Gasteiger partial charge is 0.488 e. The lowest BCUT2D eigenvalue weighted by molar-refractivity contribution is 0.241. The summed E-state index contributed by atoms with van der Waals surface area (Å²) < 4.78 is 5.84. The van der Waals surface area contributed by atoms with Crippen LogP contribution in [0, 0.1) is 0 Å². The summed E-state index contributed by atoms with van der Waals surface area (Å²) in [6.45, 7) is 0.625. The number of ether oxygens (including phenoxy) is 1. The lowest BCUT2D eigenvalue weighted by atomic mass is 10.1. The summed E-state index contributed by atoms with van der Waals surface area (Å²) in [5, 5.41) is 3.30. The normalized spacial score (nSPS) is 23.2. The first-order valence-electron chi connectivity index (χ1n) is 7.12. The summed E-state index contributed by atoms with van der Waals surface area (Å²) in [6.07, 6.45) is 6.07. The smallest absolute Gasteiger partial charge is 0.188 e. The molecule has 1 aliphatic carbocycles. The monoisotopic (exact) mass is 259 g/mol. The zero-order valence-electron chi connectivity index (χ0n) is 11.1. The van der Waals surface area contributed by atoms with Crippen LogP contribution in [-0.2, 0) is 6.42 Å². The minimum atomic E-state index is 0.126. The third-order valence-electron chi connectivity index (χ3n) is 3.89. The Labute approximate surface area is 114 Å². The van der Waals surface area contributed by atoms with Crippen LogP contribution in [0.5, 0.6) is 5.75 Å². The van der Waals surface area contributed by atoms with Gasteiger partial charge in [0.15, 0.2) is 5.96 Å². The second kappa shape index (κ2) is 5.51. The van der Waals surface area contributed by atoms with Gasteiger partial charge in [0.1, 0.15) is 11.9 Å². The predicted molar refractivity (Wildman–Crippen MR) is 76.4 cm³/mol. The lowest BCUT2D eigenvalue weighted by Crippen LogP contribution is -2.39. The van der Waals surface area contributed by atoms with Crippen molar-refractivity contribution in [1.82, 2.24) is 5.32 Å². The number of nitrogens with zero attached hydrogens (tertiary/aromatic N) is 1. The number of guanidine groups is 1. The van der Waals surface area contributed by atoms with E-state index in [1.807, 2.05) is 18.2 Å². The van der Waals surface area contributed by atoms with Crippen LogP contribution in [0.25, 0.3) is 0 Å². The molecule has 0 radical (unpaired) electrons. The van der Waals surface area contributed by atoms with Gasteiger partial charge in [-0.05, 0) is 24.5 Å². The molecule has 0 bridgehead atoms. The van der Waals surface area contributed by atoms with E-state index >= 15 is 0 Å². The molecule has 1 aromatic carbocycles. The van der Waals surface area contributed by atoms with E-state index in [0.717, 1.165) is 12.2 Å². The summed E-state index contributed by atoms with van der Waals surface area (Å²) in [5.41, 5.74) is 7.19. The highest BCUT2D eigenvalue weighted by Crippen LogP contribution is 2.28. The molecule has 0 saturated heterocycles. The molecule has 0 aromatic heterocycles. The highest BCUT2D eigenvalue weighted by molar-refractivity contribution is 5.78. The van der Waals surface area contributed by atoms with Gasteiger partial charge in [0, 0.05) is 12.5 Å². The Hall–Kier alpha value is -1.71. The Morgan fingerprint density at radius 3 is 2.89 bits per heavy atom. The number of fused-ring (bicyclic) bond motifs is 1. The second-order valence-corrected chi connectivity index (χ2v) is 5.40. The van der Waals surface area contributed by atoms with Crippen molar-refractivity contribution in [3.63, 3.8) is 0 Å². The van der Waals surface area contributed by atoms with Crippen LogP contribution in [0.3, 0.4) is 0 Å². The van der Waals surface area contributed by atoms with Crippen LogP contribution in [0.2, 0.25) is 0 Å². The average molecular weight is 259 g/mol. The first-order chi connectivity index (χ1) is 9.31. The van der Waals surface area contributed by atoms with E-state index in [2.05, 4.69) is 16.4 Å². The van der Waals surface area contributed by atoms with Crippen LogP contribution in [-0.4, -0.2) is 24.7 Å². The van der Waals surface area contributed by atoms with E-state index in [1.165, 1.54) is 31.2 Å². The molecule has 1 heterocycles. The standard InChI is InChI=1S/C15H21N3O/c16-15(18-12-6-2-3-7-12)17-10-13-9-11-5-1-4-8-14(11)19-13/h1,4-5,8,12-13H,2-3,6-7,9-10H2,(H3,16,17,18). The van der Waals surface area contributed by atoms with E-state index in [-0.39, 0.29) is 6.10 Å². The number of aliphatic imine (C=N–C) groups is 1. The number of rotatable bonds is 3. The summed E-state index contributed by atoms with van der Waals surface area (Å²) in [5.74, 6) is 1.55. The van der Waals surface area contributed by atoms with Crippen molar-refractivity contribution in [2.24, 2.45) is 10.7 Å². The molecule has 19 heavy (non-hydrogen) atoms. The zero-order valence-corrected chi connectivity index (χ0v) is 11.1. The molecule has 0 amide bonds. The quantitative estimate of drug-likeness (QED) is 0.643. The highest BCUT2D eigenvalue weighted by Gasteiger charge is 2.22. The van der Waals surface area contributed by atoms with Crippen LogP contribution in [0.1, 0.15) is 31.2 Å². The molecule has 3 N–H and O–H groups in total. The number of benzene rings is 1. The Balaban J connectivity index is 1.50. The Bertz CT molecular complexity index is 441. The van der Waals surface area contributed by atoms with Gasteiger partial charge < -0.3 is 15.8 Å². The molecule has 1 saturated carbocycles. The van der Waals surface area contributed by atoms with Gasteiger partial charge in [0.05, 0.1) is 6.54 Å². The van der Waals surface area contributed by atoms with Crippen molar-refractivity contribution in [3.8, 4) is 5.75 Å². The van der Waals surface area contributed by atoms with Gasteiger partial charge in [-0.3, -0.25) is 0 Å². The molecule has 1 fully saturated rings. The van der Waals surface area contributed by atoms with Gasteiger partial charge >= 0.3 is 0 Å². The van der Waals surface area contributed by atoms with Crippen molar-refractivity contribution >= 4 is 5.96 Å². The highest BCUT2D eigenvalue weighted by atomic mass is 16.5. The van der Waals surface area contributed by atoms with Gasteiger partial charge in [0.25, 0.3) is 0 Å². The summed E-state index contributed by atoms with van der Waals surface area (Å²) in [7, 11) is 0. The van der Waals surface area contributed by atoms with Gasteiger partial charge in [0.2, 0.25) is 0 Å². The second-order valence-electron chi connectivity index (χ2n) is 5.40. The van der Waals surface area contributed by atoms with E-state index < -0.39 is 0 Å². The van der Waals surface area contributed by atoms with E-state index in [9.17, 15) is 0 Å². The third kappa shape index (κ3) is 3.00. The number of nitrogens with one attached hydrogen (secondary N) is 1. The van der Waals surface area contributed by atoms with Gasteiger partial charge in [-0.15, -0.1) is 0 Å². The maximum absolute atomic E-state index is 5.92. The van der Waals surface area contributed by atoms with Crippen molar-refractivity contribution in [2.75, 3.05) is 6.54 Å². The molecule has 4 heteroatoms. The summed E-state index contributed by atoms with van der Waals surface area (Å²) >= 11 is 0. The Morgan fingerprint density at radius 2 is 2.11 bits per heavy atom. The molecule has 1 aliphatic heterocycles. The molecule has 102 valence electrons. The van der Waals surface area contributed by atoms with Crippen LogP contribution < -0.4 is 15.8 Å². The number of para-hydroxylation sites is 1. The molecule has 0 spiro atoms. The van der Waals surface area contributed by atoms with Crippen LogP contribution >= 0.6 is 0 Å². The van der Waals surface area contributed by atoms with Crippen molar-refractivity contribution in [3.05, 3.63) is 29.8 Å². The molecular weight excluding hydrogens is 238 g/mol. The predicted octanol–water partition coefficient (Wildman–Crippen LogP) is 1.84. The topological polar surface area (TPSA) is 59.6 Å². The first kappa shape index (κ1) is 12.3. The minimum absolute atomic E-state index is 0.126. The van der Waals surface area contributed by atoms with Gasteiger partial charge in [-0.1, -0.05) is 31.0 Å². The SMILES string of the molecule is NC(=NCC1Cc2ccccc2O1)NC1CCCC1. The lowest BCUT2D eigenvalue weighted by Gasteiger charge is -2.13. The average Bonchev–Trinajstić information content (AvgIpc) is 3.04. The number of hydrogen-bond acceptors (Lipinski definition) is 2. The van der Waals surface area contributed by atoms with Crippen molar-refractivity contribution in [1.29, 1.82) is 0 Å². The molecule has 3 rings (SSSR count). The van der Waals surface area contributed by atoms with E-state index in [4.69, 9.17) is 10.5 Å². The fourth-order valence-corrected chi connectivity index (χ4v) is 2.88. The molecule has 2 aliphatic rings. The maximum atomic E-state index is 5.92.